The van der Waals surface area contributed by atoms with Crippen LogP contribution in [0.4, 0.5) is 0 Å². The van der Waals surface area contributed by atoms with Crippen molar-refractivity contribution in [2.45, 2.75) is 39.3 Å². The summed E-state index contributed by atoms with van der Waals surface area (Å²) in [7, 11) is 0. The minimum Gasteiger partial charge on any atom is -0.237 e. The van der Waals surface area contributed by atoms with Gasteiger partial charge < -0.3 is 0 Å². The number of imidazole rings is 1. The number of unbranched alkanes of at least 4 members (excludes halogenated alkanes) is 2. The molecule has 3 nitrogen and oxygen atoms in total. The third-order valence-corrected chi connectivity index (χ3v) is 2.07. The Labute approximate surface area is 79.2 Å². The van der Waals surface area contributed by atoms with Crippen molar-refractivity contribution in [3.8, 4) is 6.07 Å². The van der Waals surface area contributed by atoms with Crippen molar-refractivity contribution in [1.82, 2.24) is 4.57 Å². The Morgan fingerprint density at radius 3 is 2.92 bits per heavy atom. The maximum Gasteiger partial charge on any atom is 0.243 e. The molecule has 0 aliphatic rings. The first-order valence-electron chi connectivity index (χ1n) is 4.78. The molecule has 1 aromatic rings. The van der Waals surface area contributed by atoms with Gasteiger partial charge in [-0.15, -0.1) is 0 Å². The van der Waals surface area contributed by atoms with Crippen molar-refractivity contribution >= 4 is 0 Å². The predicted octanol–water partition coefficient (Wildman–Crippen LogP) is 1.49. The molecule has 0 N–H and O–H groups in total. The van der Waals surface area contributed by atoms with Crippen molar-refractivity contribution in [3.63, 3.8) is 0 Å². The minimum atomic E-state index is 0.676. The first-order chi connectivity index (χ1) is 6.36. The first kappa shape index (κ1) is 9.79. The molecule has 0 saturated heterocycles. The molecular formula is C10H16N3+. The van der Waals surface area contributed by atoms with Crippen LogP contribution in [0.1, 0.15) is 26.2 Å². The molecule has 0 radical (unpaired) electrons. The van der Waals surface area contributed by atoms with E-state index in [4.69, 9.17) is 5.26 Å². The number of rotatable bonds is 5. The highest BCUT2D eigenvalue weighted by molar-refractivity contribution is 4.67. The zero-order chi connectivity index (χ0) is 9.52. The van der Waals surface area contributed by atoms with Crippen molar-refractivity contribution in [2.75, 3.05) is 0 Å². The van der Waals surface area contributed by atoms with E-state index < -0.39 is 0 Å². The molecule has 1 rings (SSSR count). The Morgan fingerprint density at radius 1 is 1.46 bits per heavy atom. The lowest BCUT2D eigenvalue weighted by Crippen LogP contribution is -2.30. The second-order valence-corrected chi connectivity index (χ2v) is 3.10. The summed E-state index contributed by atoms with van der Waals surface area (Å²) >= 11 is 0. The standard InChI is InChI=1S/C10H16N3/c1-2-12-8-9-13(10-12)7-5-3-4-6-11/h8-10H,2-5,7H2,1H3/q+1. The van der Waals surface area contributed by atoms with Crippen LogP contribution < -0.4 is 4.57 Å². The quantitative estimate of drug-likeness (QED) is 0.496. The Balaban J connectivity index is 2.25. The summed E-state index contributed by atoms with van der Waals surface area (Å²) in [6, 6.07) is 2.16. The van der Waals surface area contributed by atoms with Gasteiger partial charge in [-0.1, -0.05) is 0 Å². The molecule has 1 aromatic heterocycles. The summed E-state index contributed by atoms with van der Waals surface area (Å²) < 4.78 is 4.31. The number of aromatic nitrogens is 2. The smallest absolute Gasteiger partial charge is 0.237 e. The minimum absolute atomic E-state index is 0.676. The predicted molar refractivity (Wildman–Crippen MR) is 49.8 cm³/mol. The van der Waals surface area contributed by atoms with Crippen molar-refractivity contribution in [3.05, 3.63) is 18.7 Å². The second-order valence-electron chi connectivity index (χ2n) is 3.10. The highest BCUT2D eigenvalue weighted by atomic mass is 15.1. The molecule has 0 unspecified atom stereocenters. The molecule has 0 aliphatic carbocycles. The number of hydrogen-bond acceptors (Lipinski definition) is 1. The average Bonchev–Trinajstić information content (AvgIpc) is 2.60. The number of hydrogen-bond donors (Lipinski definition) is 0. The molecule has 0 atom stereocenters. The number of nitriles is 1. The fraction of sp³-hybridized carbons (Fsp3) is 0.600. The normalized spacial score (nSPS) is 9.85. The van der Waals surface area contributed by atoms with Gasteiger partial charge in [0.05, 0.1) is 19.2 Å². The maximum absolute atomic E-state index is 8.34. The molecule has 70 valence electrons. The lowest BCUT2D eigenvalue weighted by atomic mass is 10.2. The van der Waals surface area contributed by atoms with E-state index in [9.17, 15) is 0 Å². The van der Waals surface area contributed by atoms with Crippen LogP contribution in [-0.2, 0) is 13.1 Å². The monoisotopic (exact) mass is 178 g/mol. The van der Waals surface area contributed by atoms with Crippen LogP contribution in [0.5, 0.6) is 0 Å². The highest BCUT2D eigenvalue weighted by Crippen LogP contribution is 1.93. The summed E-state index contributed by atoms with van der Waals surface area (Å²) in [5.41, 5.74) is 0. The van der Waals surface area contributed by atoms with Gasteiger partial charge in [0, 0.05) is 6.42 Å². The number of aryl methyl sites for hydroxylation is 2. The van der Waals surface area contributed by atoms with E-state index in [0.29, 0.717) is 6.42 Å². The average molecular weight is 178 g/mol. The molecule has 0 amide bonds. The number of nitrogens with zero attached hydrogens (tertiary/aromatic N) is 3. The molecule has 13 heavy (non-hydrogen) atoms. The summed E-state index contributed by atoms with van der Waals surface area (Å²) in [5, 5.41) is 8.34. The maximum atomic E-state index is 8.34. The molecular weight excluding hydrogens is 162 g/mol. The van der Waals surface area contributed by atoms with Crippen LogP contribution >= 0.6 is 0 Å². The largest absolute Gasteiger partial charge is 0.243 e. The molecule has 0 aromatic carbocycles. The van der Waals surface area contributed by atoms with Gasteiger partial charge in [-0.3, -0.25) is 0 Å². The molecule has 1 heterocycles. The van der Waals surface area contributed by atoms with E-state index in [0.717, 1.165) is 25.9 Å². The van der Waals surface area contributed by atoms with Gasteiger partial charge in [0.25, 0.3) is 0 Å². The van der Waals surface area contributed by atoms with E-state index >= 15 is 0 Å². The van der Waals surface area contributed by atoms with E-state index in [2.05, 4.69) is 40.8 Å². The first-order valence-corrected chi connectivity index (χ1v) is 4.78. The van der Waals surface area contributed by atoms with Gasteiger partial charge in [0.1, 0.15) is 12.4 Å². The zero-order valence-corrected chi connectivity index (χ0v) is 8.11. The fourth-order valence-electron chi connectivity index (χ4n) is 1.26. The van der Waals surface area contributed by atoms with Crippen molar-refractivity contribution in [1.29, 1.82) is 5.26 Å². The lowest BCUT2D eigenvalue weighted by Gasteiger charge is -1.93. The van der Waals surface area contributed by atoms with Gasteiger partial charge >= 0.3 is 0 Å². The lowest BCUT2D eigenvalue weighted by molar-refractivity contribution is -0.696. The van der Waals surface area contributed by atoms with Crippen LogP contribution in [0.15, 0.2) is 18.7 Å². The van der Waals surface area contributed by atoms with Gasteiger partial charge in [-0.2, -0.15) is 5.26 Å². The third kappa shape index (κ3) is 3.29. The van der Waals surface area contributed by atoms with Crippen LogP contribution in [0.3, 0.4) is 0 Å². The highest BCUT2D eigenvalue weighted by Gasteiger charge is 2.00. The summed E-state index contributed by atoms with van der Waals surface area (Å²) in [6.45, 7) is 4.17. The van der Waals surface area contributed by atoms with Crippen LogP contribution in [-0.4, -0.2) is 4.57 Å². The molecule has 0 saturated carbocycles. The molecule has 0 bridgehead atoms. The summed E-state index contributed by atoms with van der Waals surface area (Å²) in [5.74, 6) is 0. The van der Waals surface area contributed by atoms with Crippen LogP contribution in [0.25, 0.3) is 0 Å². The summed E-state index contributed by atoms with van der Waals surface area (Å²) in [4.78, 5) is 0. The molecule has 0 aliphatic heterocycles. The van der Waals surface area contributed by atoms with E-state index in [-0.39, 0.29) is 0 Å². The molecule has 3 heteroatoms. The van der Waals surface area contributed by atoms with Crippen molar-refractivity contribution < 1.29 is 4.57 Å². The van der Waals surface area contributed by atoms with Crippen LogP contribution in [0.2, 0.25) is 0 Å². The van der Waals surface area contributed by atoms with Gasteiger partial charge in [0.15, 0.2) is 0 Å². The van der Waals surface area contributed by atoms with Gasteiger partial charge in [-0.25, -0.2) is 9.13 Å². The Hall–Kier alpha value is -1.30. The Kier molecular flexibility index (Phi) is 4.04. The summed E-state index contributed by atoms with van der Waals surface area (Å²) in [6.07, 6.45) is 9.02. The van der Waals surface area contributed by atoms with E-state index in [1.807, 2.05) is 0 Å². The SMILES string of the molecule is CCn1cc[n+](CCCCC#N)c1. The Bertz CT molecular complexity index is 283. The van der Waals surface area contributed by atoms with E-state index in [1.165, 1.54) is 0 Å². The topological polar surface area (TPSA) is 32.6 Å². The zero-order valence-electron chi connectivity index (χ0n) is 8.11. The fourth-order valence-corrected chi connectivity index (χ4v) is 1.26. The second kappa shape index (κ2) is 5.36. The van der Waals surface area contributed by atoms with E-state index in [1.54, 1.807) is 0 Å². The van der Waals surface area contributed by atoms with Crippen LogP contribution in [0, 0.1) is 11.3 Å². The third-order valence-electron chi connectivity index (χ3n) is 2.07. The van der Waals surface area contributed by atoms with Gasteiger partial charge in [-0.05, 0) is 19.8 Å². The Morgan fingerprint density at radius 2 is 2.31 bits per heavy atom. The molecule has 0 spiro atoms. The van der Waals surface area contributed by atoms with Gasteiger partial charge in [0.2, 0.25) is 6.33 Å². The molecule has 0 fully saturated rings. The van der Waals surface area contributed by atoms with Crippen molar-refractivity contribution in [2.24, 2.45) is 0 Å².